The Balaban J connectivity index is 2.12. The van der Waals surface area contributed by atoms with Crippen LogP contribution in [0.2, 0.25) is 0 Å². The summed E-state index contributed by atoms with van der Waals surface area (Å²) >= 11 is 0. The summed E-state index contributed by atoms with van der Waals surface area (Å²) in [5.41, 5.74) is 2.36. The van der Waals surface area contributed by atoms with E-state index in [0.29, 0.717) is 11.6 Å². The zero-order valence-corrected chi connectivity index (χ0v) is 12.8. The van der Waals surface area contributed by atoms with E-state index in [9.17, 15) is 14.7 Å². The number of nitrogens with one attached hydrogen (secondary N) is 1. The minimum Gasteiger partial charge on any atom is -0.478 e. The van der Waals surface area contributed by atoms with Gasteiger partial charge >= 0.3 is 12.0 Å². The van der Waals surface area contributed by atoms with Crippen LogP contribution in [0.15, 0.2) is 12.1 Å². The molecule has 1 fully saturated rings. The molecule has 0 spiro atoms. The van der Waals surface area contributed by atoms with Crippen molar-refractivity contribution in [2.75, 3.05) is 18.4 Å². The van der Waals surface area contributed by atoms with Gasteiger partial charge in [0, 0.05) is 18.8 Å². The van der Waals surface area contributed by atoms with E-state index in [-0.39, 0.29) is 11.6 Å². The molecule has 1 aromatic carbocycles. The molecular weight excluding hydrogens is 268 g/mol. The summed E-state index contributed by atoms with van der Waals surface area (Å²) < 4.78 is 0. The molecule has 1 saturated heterocycles. The number of carboxylic acids is 1. The standard InChI is InChI=1S/C16H22N2O3/c1-10-4-6-18(7-5-10)16(21)17-13-8-11(2)12(3)14(9-13)15(19)20/h8-10H,4-7H2,1-3H3,(H,17,21)(H,19,20). The van der Waals surface area contributed by atoms with Crippen molar-refractivity contribution in [1.29, 1.82) is 0 Å². The van der Waals surface area contributed by atoms with Gasteiger partial charge < -0.3 is 15.3 Å². The number of piperidine rings is 1. The van der Waals surface area contributed by atoms with Gasteiger partial charge in [-0.2, -0.15) is 0 Å². The molecule has 1 aliphatic heterocycles. The van der Waals surface area contributed by atoms with Crippen molar-refractivity contribution >= 4 is 17.7 Å². The van der Waals surface area contributed by atoms with Crippen molar-refractivity contribution in [2.24, 2.45) is 5.92 Å². The van der Waals surface area contributed by atoms with Gasteiger partial charge in [-0.05, 0) is 55.9 Å². The molecule has 1 heterocycles. The number of hydrogen-bond donors (Lipinski definition) is 2. The van der Waals surface area contributed by atoms with E-state index >= 15 is 0 Å². The molecular formula is C16H22N2O3. The maximum atomic E-state index is 12.2. The molecule has 1 aliphatic rings. The van der Waals surface area contributed by atoms with Crippen molar-refractivity contribution in [2.45, 2.75) is 33.6 Å². The average molecular weight is 290 g/mol. The van der Waals surface area contributed by atoms with Crippen LogP contribution < -0.4 is 5.32 Å². The number of anilines is 1. The zero-order valence-electron chi connectivity index (χ0n) is 12.8. The van der Waals surface area contributed by atoms with Gasteiger partial charge in [-0.15, -0.1) is 0 Å². The maximum absolute atomic E-state index is 12.2. The Morgan fingerprint density at radius 1 is 1.24 bits per heavy atom. The zero-order chi connectivity index (χ0) is 15.6. The average Bonchev–Trinajstić information content (AvgIpc) is 2.43. The number of carboxylic acid groups (broad SMARTS) is 1. The number of carbonyl (C=O) groups is 2. The Kier molecular flexibility index (Phi) is 4.50. The normalized spacial score (nSPS) is 15.9. The first-order valence-electron chi connectivity index (χ1n) is 7.29. The summed E-state index contributed by atoms with van der Waals surface area (Å²) in [5.74, 6) is -0.312. The molecule has 2 N–H and O–H groups in total. The van der Waals surface area contributed by atoms with Crippen molar-refractivity contribution in [3.8, 4) is 0 Å². The van der Waals surface area contributed by atoms with Crippen LogP contribution in [0.1, 0.15) is 41.3 Å². The molecule has 114 valence electrons. The third-order valence-corrected chi connectivity index (χ3v) is 4.22. The van der Waals surface area contributed by atoms with E-state index in [1.807, 2.05) is 13.0 Å². The Hall–Kier alpha value is -2.04. The van der Waals surface area contributed by atoms with E-state index in [2.05, 4.69) is 12.2 Å². The monoisotopic (exact) mass is 290 g/mol. The molecule has 5 heteroatoms. The topological polar surface area (TPSA) is 69.6 Å². The summed E-state index contributed by atoms with van der Waals surface area (Å²) in [6, 6.07) is 3.18. The van der Waals surface area contributed by atoms with Gasteiger partial charge in [0.1, 0.15) is 0 Å². The van der Waals surface area contributed by atoms with Crippen LogP contribution in [0.5, 0.6) is 0 Å². The van der Waals surface area contributed by atoms with E-state index in [0.717, 1.165) is 37.1 Å². The number of amides is 2. The number of nitrogens with zero attached hydrogens (tertiary/aromatic N) is 1. The molecule has 2 rings (SSSR count). The van der Waals surface area contributed by atoms with Gasteiger partial charge in [0.15, 0.2) is 0 Å². The fourth-order valence-electron chi connectivity index (χ4n) is 2.57. The molecule has 0 atom stereocenters. The van der Waals surface area contributed by atoms with Gasteiger partial charge in [0.05, 0.1) is 5.56 Å². The predicted molar refractivity (Wildman–Crippen MR) is 81.9 cm³/mol. The van der Waals surface area contributed by atoms with Crippen LogP contribution in [-0.4, -0.2) is 35.1 Å². The number of aryl methyl sites for hydroxylation is 1. The lowest BCUT2D eigenvalue weighted by Crippen LogP contribution is -2.40. The number of benzene rings is 1. The summed E-state index contributed by atoms with van der Waals surface area (Å²) in [6.07, 6.45) is 2.03. The van der Waals surface area contributed by atoms with Crippen molar-refractivity contribution < 1.29 is 14.7 Å². The fraction of sp³-hybridized carbons (Fsp3) is 0.500. The second kappa shape index (κ2) is 6.16. The number of likely N-dealkylation sites (tertiary alicyclic amines) is 1. The van der Waals surface area contributed by atoms with Crippen LogP contribution in [0.4, 0.5) is 10.5 Å². The third kappa shape index (κ3) is 3.54. The highest BCUT2D eigenvalue weighted by atomic mass is 16.4. The smallest absolute Gasteiger partial charge is 0.336 e. The molecule has 1 aromatic rings. The quantitative estimate of drug-likeness (QED) is 0.878. The highest BCUT2D eigenvalue weighted by Crippen LogP contribution is 2.21. The largest absolute Gasteiger partial charge is 0.478 e. The second-order valence-electron chi connectivity index (χ2n) is 5.87. The highest BCUT2D eigenvalue weighted by Gasteiger charge is 2.21. The Morgan fingerprint density at radius 3 is 2.43 bits per heavy atom. The first kappa shape index (κ1) is 15.4. The summed E-state index contributed by atoms with van der Waals surface area (Å²) in [6.45, 7) is 7.32. The van der Waals surface area contributed by atoms with E-state index < -0.39 is 5.97 Å². The number of hydrogen-bond acceptors (Lipinski definition) is 2. The van der Waals surface area contributed by atoms with Crippen molar-refractivity contribution in [3.63, 3.8) is 0 Å². The lowest BCUT2D eigenvalue weighted by molar-refractivity contribution is 0.0696. The van der Waals surface area contributed by atoms with E-state index in [4.69, 9.17) is 0 Å². The molecule has 0 aliphatic carbocycles. The SMILES string of the molecule is Cc1cc(NC(=O)N2CCC(C)CC2)cc(C(=O)O)c1C. The third-order valence-electron chi connectivity index (χ3n) is 4.22. The van der Waals surface area contributed by atoms with E-state index in [1.54, 1.807) is 11.8 Å². The Morgan fingerprint density at radius 2 is 1.86 bits per heavy atom. The molecule has 0 unspecified atom stereocenters. The molecule has 5 nitrogen and oxygen atoms in total. The first-order chi connectivity index (χ1) is 9.88. The Bertz CT molecular complexity index is 561. The molecule has 2 amide bonds. The summed E-state index contributed by atoms with van der Waals surface area (Å²) in [4.78, 5) is 25.2. The number of carbonyl (C=O) groups excluding carboxylic acids is 1. The van der Waals surface area contributed by atoms with Crippen molar-refractivity contribution in [1.82, 2.24) is 4.90 Å². The Labute approximate surface area is 125 Å². The lowest BCUT2D eigenvalue weighted by atomic mass is 9.99. The highest BCUT2D eigenvalue weighted by molar-refractivity contribution is 5.94. The van der Waals surface area contributed by atoms with Crippen LogP contribution in [0.25, 0.3) is 0 Å². The molecule has 0 saturated carbocycles. The minimum atomic E-state index is -0.974. The van der Waals surface area contributed by atoms with Gasteiger partial charge in [0.2, 0.25) is 0 Å². The fourth-order valence-corrected chi connectivity index (χ4v) is 2.57. The van der Waals surface area contributed by atoms with Crippen LogP contribution in [0.3, 0.4) is 0 Å². The summed E-state index contributed by atoms with van der Waals surface area (Å²) in [7, 11) is 0. The number of aromatic carboxylic acids is 1. The van der Waals surface area contributed by atoms with Crippen LogP contribution in [0, 0.1) is 19.8 Å². The minimum absolute atomic E-state index is 0.151. The molecule has 21 heavy (non-hydrogen) atoms. The van der Waals surface area contributed by atoms with Crippen molar-refractivity contribution in [3.05, 3.63) is 28.8 Å². The maximum Gasteiger partial charge on any atom is 0.336 e. The summed E-state index contributed by atoms with van der Waals surface area (Å²) in [5, 5.41) is 12.0. The van der Waals surface area contributed by atoms with E-state index in [1.165, 1.54) is 6.07 Å². The lowest BCUT2D eigenvalue weighted by Gasteiger charge is -2.30. The van der Waals surface area contributed by atoms with Gasteiger partial charge in [0.25, 0.3) is 0 Å². The molecule has 0 aromatic heterocycles. The number of urea groups is 1. The number of rotatable bonds is 2. The second-order valence-corrected chi connectivity index (χ2v) is 5.87. The van der Waals surface area contributed by atoms with Gasteiger partial charge in [-0.3, -0.25) is 0 Å². The molecule has 0 bridgehead atoms. The molecule has 0 radical (unpaired) electrons. The van der Waals surface area contributed by atoms with Gasteiger partial charge in [-0.25, -0.2) is 9.59 Å². The van der Waals surface area contributed by atoms with Crippen LogP contribution in [-0.2, 0) is 0 Å². The first-order valence-corrected chi connectivity index (χ1v) is 7.29. The van der Waals surface area contributed by atoms with Gasteiger partial charge in [-0.1, -0.05) is 6.92 Å². The predicted octanol–water partition coefficient (Wildman–Crippen LogP) is 3.27. The van der Waals surface area contributed by atoms with Crippen LogP contribution >= 0.6 is 0 Å².